The van der Waals surface area contributed by atoms with Crippen molar-refractivity contribution in [2.45, 2.75) is 57.5 Å². The number of fused-ring (bicyclic) bond motifs is 1. The minimum absolute atomic E-state index is 0.0187. The number of carboxylic acid groups (broad SMARTS) is 1. The molecule has 0 spiro atoms. The minimum Gasteiger partial charge on any atom is -0.481 e. The first kappa shape index (κ1) is 25.0. The van der Waals surface area contributed by atoms with Crippen LogP contribution in [0.2, 0.25) is 0 Å². The summed E-state index contributed by atoms with van der Waals surface area (Å²) < 4.78 is 28.5. The molecule has 3 atom stereocenters. The molecule has 1 aromatic rings. The molecule has 1 aliphatic carbocycles. The number of allylic oxidation sites excluding steroid dienone is 10. The smallest absolute Gasteiger partial charge is 0.303 e. The first-order valence-electron chi connectivity index (χ1n) is 12.1. The fourth-order valence-electron chi connectivity index (χ4n) is 5.44. The van der Waals surface area contributed by atoms with Gasteiger partial charge in [0.1, 0.15) is 11.7 Å². The molecule has 186 valence electrons. The Morgan fingerprint density at radius 1 is 1.34 bits per heavy atom. The van der Waals surface area contributed by atoms with Crippen LogP contribution in [-0.2, 0) is 11.2 Å². The van der Waals surface area contributed by atoms with E-state index in [1.807, 2.05) is 29.8 Å². The monoisotopic (exact) mass is 482 g/mol. The molecule has 3 unspecified atom stereocenters. The first-order valence-corrected chi connectivity index (χ1v) is 12.1. The van der Waals surface area contributed by atoms with E-state index in [9.17, 15) is 18.7 Å². The van der Waals surface area contributed by atoms with Crippen molar-refractivity contribution in [1.82, 2.24) is 19.9 Å². The molecule has 8 heteroatoms. The number of hydrogen-bond acceptors (Lipinski definition) is 4. The number of piperidine rings is 2. The predicted octanol–water partition coefficient (Wildman–Crippen LogP) is 5.33. The van der Waals surface area contributed by atoms with Crippen LogP contribution >= 0.6 is 0 Å². The third kappa shape index (κ3) is 6.31. The van der Waals surface area contributed by atoms with Crippen LogP contribution in [0.5, 0.6) is 0 Å². The summed E-state index contributed by atoms with van der Waals surface area (Å²) in [6.45, 7) is 6.73. The van der Waals surface area contributed by atoms with E-state index in [4.69, 9.17) is 0 Å². The second-order valence-corrected chi connectivity index (χ2v) is 9.63. The topological polar surface area (TPSA) is 71.2 Å². The molecule has 2 aliphatic heterocycles. The van der Waals surface area contributed by atoms with Crippen LogP contribution in [0.4, 0.5) is 8.78 Å². The van der Waals surface area contributed by atoms with Gasteiger partial charge in [-0.15, -0.1) is 5.10 Å². The summed E-state index contributed by atoms with van der Waals surface area (Å²) in [6.07, 6.45) is 15.4. The van der Waals surface area contributed by atoms with Gasteiger partial charge in [-0.2, -0.15) is 0 Å². The van der Waals surface area contributed by atoms with Crippen LogP contribution in [0.1, 0.15) is 49.5 Å². The third-order valence-corrected chi connectivity index (χ3v) is 7.09. The van der Waals surface area contributed by atoms with Crippen LogP contribution < -0.4 is 0 Å². The van der Waals surface area contributed by atoms with E-state index >= 15 is 0 Å². The normalized spacial score (nSPS) is 26.4. The number of carboxylic acids is 1. The zero-order chi connectivity index (χ0) is 24.9. The van der Waals surface area contributed by atoms with Gasteiger partial charge < -0.3 is 5.11 Å². The summed E-state index contributed by atoms with van der Waals surface area (Å²) >= 11 is 0. The number of halogens is 2. The summed E-state index contributed by atoms with van der Waals surface area (Å²) in [5.74, 6) is -1.44. The van der Waals surface area contributed by atoms with E-state index in [1.54, 1.807) is 12.2 Å². The maximum atomic E-state index is 13.5. The minimum atomic E-state index is -0.792. The molecule has 6 nitrogen and oxygen atoms in total. The molecule has 3 aliphatic rings. The highest BCUT2D eigenvalue weighted by Gasteiger charge is 2.39. The van der Waals surface area contributed by atoms with Gasteiger partial charge in [-0.25, -0.2) is 13.5 Å². The van der Waals surface area contributed by atoms with E-state index in [1.165, 1.54) is 12.2 Å². The van der Waals surface area contributed by atoms with Crippen LogP contribution in [0, 0.1) is 12.8 Å². The molecule has 35 heavy (non-hydrogen) atoms. The summed E-state index contributed by atoms with van der Waals surface area (Å²) in [4.78, 5) is 13.9. The summed E-state index contributed by atoms with van der Waals surface area (Å²) in [5, 5.41) is 18.4. The lowest BCUT2D eigenvalue weighted by Gasteiger charge is -2.47. The van der Waals surface area contributed by atoms with Crippen LogP contribution in [-0.4, -0.2) is 50.1 Å². The molecule has 2 fully saturated rings. The van der Waals surface area contributed by atoms with Gasteiger partial charge in [-0.1, -0.05) is 47.7 Å². The van der Waals surface area contributed by atoms with Crippen LogP contribution in [0.25, 0.3) is 0 Å². The molecule has 0 radical (unpaired) electrons. The Morgan fingerprint density at radius 3 is 2.94 bits per heavy atom. The van der Waals surface area contributed by atoms with Crippen molar-refractivity contribution in [1.29, 1.82) is 0 Å². The van der Waals surface area contributed by atoms with Gasteiger partial charge in [0.25, 0.3) is 0 Å². The van der Waals surface area contributed by atoms with Crippen molar-refractivity contribution in [3.63, 3.8) is 0 Å². The first-order chi connectivity index (χ1) is 16.8. The standard InChI is InChI=1S/C27H32F2N4O2/c1-18(28)5-3-7-21-13-22(15-27(34)35)26-12-11-24(17-32(26)16-21)33-19(2)25(30-31-33)14-20-6-4-8-23(29)10-9-20/h3-7,9-10,22,24,26H,1,8,11-17H2,2H3,(H,34,35)/b5-3-,21-7-. The largest absolute Gasteiger partial charge is 0.481 e. The lowest BCUT2D eigenvalue weighted by Crippen LogP contribution is -2.52. The Hall–Kier alpha value is -3.13. The zero-order valence-electron chi connectivity index (χ0n) is 20.0. The number of rotatable bonds is 7. The number of aliphatic carboxylic acids is 1. The van der Waals surface area contributed by atoms with Crippen molar-refractivity contribution in [2.24, 2.45) is 5.92 Å². The summed E-state index contributed by atoms with van der Waals surface area (Å²) in [7, 11) is 0. The number of nitrogens with zero attached hydrogens (tertiary/aromatic N) is 4. The van der Waals surface area contributed by atoms with Gasteiger partial charge in [0, 0.05) is 38.4 Å². The van der Waals surface area contributed by atoms with Gasteiger partial charge in [-0.3, -0.25) is 9.69 Å². The Morgan fingerprint density at radius 2 is 2.17 bits per heavy atom. The predicted molar refractivity (Wildman–Crippen MR) is 131 cm³/mol. The zero-order valence-corrected chi connectivity index (χ0v) is 20.0. The van der Waals surface area contributed by atoms with Gasteiger partial charge in [0.2, 0.25) is 0 Å². The lowest BCUT2D eigenvalue weighted by molar-refractivity contribution is -0.139. The Balaban J connectivity index is 1.50. The highest BCUT2D eigenvalue weighted by molar-refractivity contribution is 5.67. The van der Waals surface area contributed by atoms with Crippen molar-refractivity contribution >= 4 is 5.97 Å². The van der Waals surface area contributed by atoms with Crippen LogP contribution in [0.15, 0.2) is 71.9 Å². The fraction of sp³-hybridized carbons (Fsp3) is 0.444. The number of aromatic nitrogens is 3. The quantitative estimate of drug-likeness (QED) is 0.532. The second-order valence-electron chi connectivity index (χ2n) is 9.63. The third-order valence-electron chi connectivity index (χ3n) is 7.09. The maximum Gasteiger partial charge on any atom is 0.303 e. The lowest BCUT2D eigenvalue weighted by atomic mass is 9.79. The van der Waals surface area contributed by atoms with E-state index < -0.39 is 11.8 Å². The van der Waals surface area contributed by atoms with Crippen molar-refractivity contribution in [2.75, 3.05) is 13.1 Å². The maximum absolute atomic E-state index is 13.5. The van der Waals surface area contributed by atoms with Crippen molar-refractivity contribution in [3.8, 4) is 0 Å². The molecule has 0 amide bonds. The summed E-state index contributed by atoms with van der Waals surface area (Å²) in [6, 6.07) is 0.334. The molecule has 2 saturated heterocycles. The Bertz CT molecular complexity index is 1130. The molecule has 0 aromatic carbocycles. The molecule has 0 saturated carbocycles. The van der Waals surface area contributed by atoms with E-state index in [-0.39, 0.29) is 30.2 Å². The molecular weight excluding hydrogens is 450 g/mol. The SMILES string of the molecule is C=C(F)/C=C\C=C1\CC(CC(=O)O)C2CCC(n3nnc(CC4=CC=C(F)CC=C4)c3C)CN2C1. The number of carbonyl (C=O) groups is 1. The summed E-state index contributed by atoms with van der Waals surface area (Å²) in [5.41, 5.74) is 3.95. The second kappa shape index (κ2) is 11.1. The molecule has 0 bridgehead atoms. The van der Waals surface area contributed by atoms with Gasteiger partial charge in [0.15, 0.2) is 0 Å². The van der Waals surface area contributed by atoms with Gasteiger partial charge in [-0.05, 0) is 49.8 Å². The molecule has 1 N–H and O–H groups in total. The van der Waals surface area contributed by atoms with Crippen molar-refractivity contribution < 1.29 is 18.7 Å². The molecule has 1 aromatic heterocycles. The Kier molecular flexibility index (Phi) is 7.90. The average Bonchev–Trinajstić information content (AvgIpc) is 3.02. The van der Waals surface area contributed by atoms with E-state index in [0.29, 0.717) is 19.3 Å². The average molecular weight is 483 g/mol. The van der Waals surface area contributed by atoms with Gasteiger partial charge >= 0.3 is 5.97 Å². The highest BCUT2D eigenvalue weighted by atomic mass is 19.1. The van der Waals surface area contributed by atoms with Crippen molar-refractivity contribution in [3.05, 3.63) is 83.3 Å². The molecular formula is C27H32F2N4O2. The van der Waals surface area contributed by atoms with Gasteiger partial charge in [0.05, 0.1) is 17.4 Å². The highest BCUT2D eigenvalue weighted by Crippen LogP contribution is 2.38. The van der Waals surface area contributed by atoms with Crippen LogP contribution in [0.3, 0.4) is 0 Å². The van der Waals surface area contributed by atoms with E-state index in [2.05, 4.69) is 21.8 Å². The molecule has 4 rings (SSSR count). The number of hydrogen-bond donors (Lipinski definition) is 1. The Labute approximate surface area is 204 Å². The van der Waals surface area contributed by atoms with E-state index in [0.717, 1.165) is 48.5 Å². The molecule has 3 heterocycles. The fourth-order valence-corrected chi connectivity index (χ4v) is 5.44.